The number of para-hydroxylation sites is 2. The molecule has 10 aromatic rings. The summed E-state index contributed by atoms with van der Waals surface area (Å²) in [7, 11) is 0. The van der Waals surface area contributed by atoms with Gasteiger partial charge in [-0.15, -0.1) is 0 Å². The Bertz CT molecular complexity index is 2970. The van der Waals surface area contributed by atoms with Crippen LogP contribution in [-0.4, -0.2) is 14.5 Å². The van der Waals surface area contributed by atoms with Crippen LogP contribution in [0.3, 0.4) is 0 Å². The van der Waals surface area contributed by atoms with Crippen molar-refractivity contribution in [3.05, 3.63) is 164 Å². The fraction of sp³-hybridized carbons (Fsp3) is 0. The molecule has 0 N–H and O–H groups in total. The summed E-state index contributed by atoms with van der Waals surface area (Å²) in [5, 5.41) is 8.77. The van der Waals surface area contributed by atoms with Crippen molar-refractivity contribution in [1.82, 2.24) is 14.5 Å². The lowest BCUT2D eigenvalue weighted by molar-refractivity contribution is 1.18. The third-order valence-corrected chi connectivity index (χ3v) is 10.3. The molecule has 0 fully saturated rings. The molecule has 0 bridgehead atoms. The van der Waals surface area contributed by atoms with Gasteiger partial charge in [-0.25, -0.2) is 9.97 Å². The van der Waals surface area contributed by atoms with Crippen molar-refractivity contribution >= 4 is 54.3 Å². The van der Waals surface area contributed by atoms with Gasteiger partial charge < -0.3 is 4.57 Å². The van der Waals surface area contributed by atoms with Gasteiger partial charge in [0.1, 0.15) is 0 Å². The van der Waals surface area contributed by atoms with E-state index in [1.807, 2.05) is 12.1 Å². The van der Waals surface area contributed by atoms with Crippen LogP contribution in [0, 0.1) is 0 Å². The molecule has 0 radical (unpaired) electrons. The van der Waals surface area contributed by atoms with Crippen LogP contribution >= 0.6 is 0 Å². The van der Waals surface area contributed by atoms with Gasteiger partial charge in [-0.3, -0.25) is 0 Å². The minimum Gasteiger partial charge on any atom is -0.309 e. The van der Waals surface area contributed by atoms with Gasteiger partial charge in [0.25, 0.3) is 0 Å². The fourth-order valence-corrected chi connectivity index (χ4v) is 8.19. The lowest BCUT2D eigenvalue weighted by Crippen LogP contribution is -1.97. The van der Waals surface area contributed by atoms with E-state index in [1.165, 1.54) is 65.6 Å². The van der Waals surface area contributed by atoms with E-state index in [1.54, 1.807) is 0 Å². The third-order valence-electron chi connectivity index (χ3n) is 10.3. The summed E-state index contributed by atoms with van der Waals surface area (Å²) in [4.78, 5) is 10.1. The zero-order valence-corrected chi connectivity index (χ0v) is 26.4. The van der Waals surface area contributed by atoms with Crippen molar-refractivity contribution in [2.75, 3.05) is 0 Å². The zero-order chi connectivity index (χ0) is 32.1. The average molecular weight is 622 g/mol. The van der Waals surface area contributed by atoms with Crippen molar-refractivity contribution < 1.29 is 0 Å². The molecular formula is C46H27N3. The normalized spacial score (nSPS) is 12.1. The van der Waals surface area contributed by atoms with E-state index in [2.05, 4.69) is 156 Å². The second-order valence-corrected chi connectivity index (χ2v) is 12.9. The molecular weight excluding hydrogens is 595 g/mol. The Hall–Kier alpha value is -6.58. The maximum absolute atomic E-state index is 5.12. The number of hydrogen-bond acceptors (Lipinski definition) is 2. The molecule has 0 spiro atoms. The number of aromatic nitrogens is 3. The van der Waals surface area contributed by atoms with Gasteiger partial charge in [-0.05, 0) is 80.9 Å². The highest BCUT2D eigenvalue weighted by atomic mass is 15.0. The quantitative estimate of drug-likeness (QED) is 0.196. The molecule has 0 unspecified atom stereocenters. The van der Waals surface area contributed by atoms with Crippen LogP contribution in [0.25, 0.3) is 105 Å². The van der Waals surface area contributed by atoms with Gasteiger partial charge >= 0.3 is 0 Å². The SMILES string of the molecule is c1ccc(-c2nc(-c3ccc(-n4c5ccccc5c5cc6c7c(cccc7c54)-c4ccc5ccccc5c4-6)cc3)nc3ccccc23)cc1. The van der Waals surface area contributed by atoms with E-state index in [0.29, 0.717) is 0 Å². The lowest BCUT2D eigenvalue weighted by atomic mass is 9.95. The Labute approximate surface area is 282 Å². The molecule has 49 heavy (non-hydrogen) atoms. The van der Waals surface area contributed by atoms with Crippen LogP contribution in [0.15, 0.2) is 164 Å². The van der Waals surface area contributed by atoms with Crippen LogP contribution in [0.1, 0.15) is 0 Å². The van der Waals surface area contributed by atoms with E-state index in [9.17, 15) is 0 Å². The molecule has 1 aliphatic rings. The minimum absolute atomic E-state index is 0.724. The Morgan fingerprint density at radius 1 is 0.429 bits per heavy atom. The molecule has 0 aliphatic heterocycles. The van der Waals surface area contributed by atoms with Crippen LogP contribution < -0.4 is 0 Å². The van der Waals surface area contributed by atoms with Crippen LogP contribution in [0.2, 0.25) is 0 Å². The molecule has 226 valence electrons. The zero-order valence-electron chi connectivity index (χ0n) is 26.4. The summed E-state index contributed by atoms with van der Waals surface area (Å²) in [6, 6.07) is 58.8. The van der Waals surface area contributed by atoms with Crippen molar-refractivity contribution in [1.29, 1.82) is 0 Å². The predicted octanol–water partition coefficient (Wildman–Crippen LogP) is 12.0. The van der Waals surface area contributed by atoms with Gasteiger partial charge in [-0.1, -0.05) is 121 Å². The molecule has 0 amide bonds. The maximum atomic E-state index is 5.12. The molecule has 0 atom stereocenters. The topological polar surface area (TPSA) is 30.7 Å². The van der Waals surface area contributed by atoms with E-state index in [-0.39, 0.29) is 0 Å². The number of nitrogens with zero attached hydrogens (tertiary/aromatic N) is 3. The highest BCUT2D eigenvalue weighted by Crippen LogP contribution is 2.53. The van der Waals surface area contributed by atoms with E-state index in [0.717, 1.165) is 39.2 Å². The number of fused-ring (bicyclic) bond motifs is 10. The van der Waals surface area contributed by atoms with Gasteiger partial charge in [0.05, 0.1) is 22.2 Å². The molecule has 2 heterocycles. The molecule has 0 saturated carbocycles. The number of rotatable bonds is 3. The third kappa shape index (κ3) is 3.73. The molecule has 0 saturated heterocycles. The van der Waals surface area contributed by atoms with Gasteiger partial charge in [-0.2, -0.15) is 0 Å². The first-order valence-electron chi connectivity index (χ1n) is 16.8. The number of hydrogen-bond donors (Lipinski definition) is 0. The molecule has 3 heteroatoms. The highest BCUT2D eigenvalue weighted by molar-refractivity contribution is 6.30. The Morgan fingerprint density at radius 3 is 2.04 bits per heavy atom. The summed E-state index contributed by atoms with van der Waals surface area (Å²) in [6.45, 7) is 0. The summed E-state index contributed by atoms with van der Waals surface area (Å²) in [5.41, 5.74) is 12.8. The maximum Gasteiger partial charge on any atom is 0.160 e. The molecule has 1 aliphatic carbocycles. The van der Waals surface area contributed by atoms with E-state index < -0.39 is 0 Å². The first-order valence-corrected chi connectivity index (χ1v) is 16.8. The standard InChI is InChI=1S/C46H27N3/c1-2-12-29(13-3-1)44-36-16-6-8-19-40(36)47-46(48-44)30-21-24-31(25-22-30)49-41-20-9-7-15-33(41)38-27-39-42-32-14-5-4-11-28(32)23-26-35(42)34-17-10-18-37(43(34)39)45(38)49/h1-27H. The second-order valence-electron chi connectivity index (χ2n) is 12.9. The first kappa shape index (κ1) is 26.5. The Kier molecular flexibility index (Phi) is 5.38. The first-order chi connectivity index (χ1) is 24.3. The lowest BCUT2D eigenvalue weighted by Gasteiger charge is -2.13. The van der Waals surface area contributed by atoms with Crippen molar-refractivity contribution in [2.45, 2.75) is 0 Å². The minimum atomic E-state index is 0.724. The molecule has 2 aromatic heterocycles. The second kappa shape index (κ2) is 9.96. The summed E-state index contributed by atoms with van der Waals surface area (Å²) in [6.07, 6.45) is 0. The van der Waals surface area contributed by atoms with Gasteiger partial charge in [0.2, 0.25) is 0 Å². The molecule has 11 rings (SSSR count). The van der Waals surface area contributed by atoms with Crippen molar-refractivity contribution in [2.24, 2.45) is 0 Å². The highest BCUT2D eigenvalue weighted by Gasteiger charge is 2.27. The average Bonchev–Trinajstić information content (AvgIpc) is 3.69. The monoisotopic (exact) mass is 621 g/mol. The fourth-order valence-electron chi connectivity index (χ4n) is 8.19. The molecule has 3 nitrogen and oxygen atoms in total. The summed E-state index contributed by atoms with van der Waals surface area (Å²) in [5.74, 6) is 0.724. The smallest absolute Gasteiger partial charge is 0.160 e. The van der Waals surface area contributed by atoms with Crippen molar-refractivity contribution in [3.8, 4) is 50.6 Å². The summed E-state index contributed by atoms with van der Waals surface area (Å²) < 4.78 is 2.44. The van der Waals surface area contributed by atoms with E-state index >= 15 is 0 Å². The Balaban J connectivity index is 1.14. The van der Waals surface area contributed by atoms with Crippen LogP contribution in [-0.2, 0) is 0 Å². The molecule has 8 aromatic carbocycles. The van der Waals surface area contributed by atoms with E-state index in [4.69, 9.17) is 9.97 Å². The largest absolute Gasteiger partial charge is 0.309 e. The van der Waals surface area contributed by atoms with Crippen LogP contribution in [0.5, 0.6) is 0 Å². The van der Waals surface area contributed by atoms with Gasteiger partial charge in [0, 0.05) is 38.4 Å². The van der Waals surface area contributed by atoms with Crippen LogP contribution in [0.4, 0.5) is 0 Å². The summed E-state index contributed by atoms with van der Waals surface area (Å²) >= 11 is 0. The number of benzene rings is 8. The van der Waals surface area contributed by atoms with Gasteiger partial charge in [0.15, 0.2) is 5.82 Å². The van der Waals surface area contributed by atoms with Crippen molar-refractivity contribution in [3.63, 3.8) is 0 Å². The predicted molar refractivity (Wildman–Crippen MR) is 204 cm³/mol. The Morgan fingerprint density at radius 2 is 1.16 bits per heavy atom.